The minimum Gasteiger partial charge on any atom is -0.396 e. The van der Waals surface area contributed by atoms with Crippen LogP contribution in [0, 0.1) is 0 Å². The molecule has 2 aromatic rings. The zero-order valence-corrected chi connectivity index (χ0v) is 12.3. The molecule has 21 heavy (non-hydrogen) atoms. The molecule has 0 aliphatic heterocycles. The fraction of sp³-hybridized carbons (Fsp3) is 0.200. The Bertz CT molecular complexity index is 629. The first kappa shape index (κ1) is 15.3. The normalized spacial score (nSPS) is 10.2. The molecule has 110 valence electrons. The summed E-state index contributed by atoms with van der Waals surface area (Å²) in [4.78, 5) is 16.3. The van der Waals surface area contributed by atoms with Gasteiger partial charge >= 0.3 is 0 Å². The van der Waals surface area contributed by atoms with Gasteiger partial charge in [-0.25, -0.2) is 4.98 Å². The van der Waals surface area contributed by atoms with Crippen LogP contribution < -0.4 is 10.6 Å². The van der Waals surface area contributed by atoms with E-state index < -0.39 is 0 Å². The Morgan fingerprint density at radius 1 is 1.33 bits per heavy atom. The minimum atomic E-state index is -0.297. The topological polar surface area (TPSA) is 74.2 Å². The molecule has 2 rings (SSSR count). The zero-order valence-electron chi connectivity index (χ0n) is 11.6. The molecule has 1 amide bonds. The van der Waals surface area contributed by atoms with Crippen molar-refractivity contribution in [1.29, 1.82) is 0 Å². The van der Waals surface area contributed by atoms with Gasteiger partial charge in [0, 0.05) is 25.5 Å². The lowest BCUT2D eigenvalue weighted by atomic mass is 10.1. The van der Waals surface area contributed by atoms with Crippen molar-refractivity contribution in [3.63, 3.8) is 0 Å². The molecule has 0 radical (unpaired) electrons. The molecule has 1 aromatic heterocycles. The van der Waals surface area contributed by atoms with Crippen LogP contribution in [0.1, 0.15) is 15.9 Å². The Morgan fingerprint density at radius 2 is 2.05 bits per heavy atom. The Hall–Kier alpha value is -2.11. The number of carbonyl (C=O) groups is 1. The summed E-state index contributed by atoms with van der Waals surface area (Å²) in [7, 11) is 1.72. The summed E-state index contributed by atoms with van der Waals surface area (Å²) < 4.78 is 0. The van der Waals surface area contributed by atoms with E-state index in [2.05, 4.69) is 15.6 Å². The zero-order chi connectivity index (χ0) is 15.2. The van der Waals surface area contributed by atoms with Crippen LogP contribution in [-0.2, 0) is 6.42 Å². The molecule has 0 atom stereocenters. The molecule has 0 saturated heterocycles. The van der Waals surface area contributed by atoms with Gasteiger partial charge in [0.05, 0.1) is 10.6 Å². The number of aromatic nitrogens is 1. The second kappa shape index (κ2) is 7.06. The van der Waals surface area contributed by atoms with Crippen molar-refractivity contribution in [3.05, 3.63) is 52.7 Å². The van der Waals surface area contributed by atoms with E-state index in [9.17, 15) is 4.79 Å². The molecule has 1 heterocycles. The van der Waals surface area contributed by atoms with Crippen LogP contribution in [0.25, 0.3) is 0 Å². The third kappa shape index (κ3) is 3.93. The third-order valence-electron chi connectivity index (χ3n) is 2.97. The van der Waals surface area contributed by atoms with Gasteiger partial charge in [-0.3, -0.25) is 4.79 Å². The molecule has 0 unspecified atom stereocenters. The summed E-state index contributed by atoms with van der Waals surface area (Å²) in [6.07, 6.45) is 2.03. The van der Waals surface area contributed by atoms with Crippen LogP contribution >= 0.6 is 11.6 Å². The number of benzene rings is 1. The number of pyridine rings is 1. The maximum absolute atomic E-state index is 12.2. The summed E-state index contributed by atoms with van der Waals surface area (Å²) in [5.74, 6) is 0.275. The van der Waals surface area contributed by atoms with Gasteiger partial charge in [0.2, 0.25) is 0 Å². The molecule has 0 spiro atoms. The number of nitrogens with one attached hydrogen (secondary N) is 2. The van der Waals surface area contributed by atoms with Gasteiger partial charge in [-0.05, 0) is 30.2 Å². The van der Waals surface area contributed by atoms with Crippen molar-refractivity contribution in [2.24, 2.45) is 0 Å². The van der Waals surface area contributed by atoms with E-state index in [-0.39, 0.29) is 12.5 Å². The SMILES string of the molecule is CNc1cc(C(=O)Nc2ccc(CCO)cc2)c(Cl)cn1. The maximum Gasteiger partial charge on any atom is 0.257 e. The van der Waals surface area contributed by atoms with E-state index in [0.717, 1.165) is 5.56 Å². The summed E-state index contributed by atoms with van der Waals surface area (Å²) in [6, 6.07) is 8.89. The average Bonchev–Trinajstić information content (AvgIpc) is 2.50. The van der Waals surface area contributed by atoms with Crippen LogP contribution in [0.4, 0.5) is 11.5 Å². The lowest BCUT2D eigenvalue weighted by molar-refractivity contribution is 0.102. The van der Waals surface area contributed by atoms with Gasteiger partial charge in [0.15, 0.2) is 0 Å². The van der Waals surface area contributed by atoms with Crippen LogP contribution in [0.3, 0.4) is 0 Å². The highest BCUT2D eigenvalue weighted by atomic mass is 35.5. The monoisotopic (exact) mass is 305 g/mol. The van der Waals surface area contributed by atoms with Gasteiger partial charge in [-0.1, -0.05) is 23.7 Å². The highest BCUT2D eigenvalue weighted by Crippen LogP contribution is 2.19. The van der Waals surface area contributed by atoms with Crippen molar-refractivity contribution < 1.29 is 9.90 Å². The minimum absolute atomic E-state index is 0.102. The number of hydrogen-bond acceptors (Lipinski definition) is 4. The average molecular weight is 306 g/mol. The Balaban J connectivity index is 2.14. The lowest BCUT2D eigenvalue weighted by Gasteiger charge is -2.09. The van der Waals surface area contributed by atoms with Gasteiger partial charge in [-0.15, -0.1) is 0 Å². The Morgan fingerprint density at radius 3 is 2.67 bits per heavy atom. The van der Waals surface area contributed by atoms with Crippen molar-refractivity contribution in [1.82, 2.24) is 4.98 Å². The number of carbonyl (C=O) groups excluding carboxylic acids is 1. The fourth-order valence-corrected chi connectivity index (χ4v) is 2.02. The van der Waals surface area contributed by atoms with Crippen molar-refractivity contribution in [2.45, 2.75) is 6.42 Å². The van der Waals surface area contributed by atoms with E-state index in [1.165, 1.54) is 6.20 Å². The van der Waals surface area contributed by atoms with E-state index in [4.69, 9.17) is 16.7 Å². The summed E-state index contributed by atoms with van der Waals surface area (Å²) in [5.41, 5.74) is 2.03. The number of hydrogen-bond donors (Lipinski definition) is 3. The highest BCUT2D eigenvalue weighted by Gasteiger charge is 2.12. The number of amides is 1. The summed E-state index contributed by atoms with van der Waals surface area (Å²) >= 11 is 6.00. The number of nitrogens with zero attached hydrogens (tertiary/aromatic N) is 1. The highest BCUT2D eigenvalue weighted by molar-refractivity contribution is 6.34. The number of halogens is 1. The van der Waals surface area contributed by atoms with Crippen LogP contribution in [0.2, 0.25) is 5.02 Å². The van der Waals surface area contributed by atoms with E-state index in [1.807, 2.05) is 12.1 Å². The quantitative estimate of drug-likeness (QED) is 0.793. The van der Waals surface area contributed by atoms with Gasteiger partial charge in [0.1, 0.15) is 5.82 Å². The predicted octanol–water partition coefficient (Wildman–Crippen LogP) is 2.56. The third-order valence-corrected chi connectivity index (χ3v) is 3.27. The van der Waals surface area contributed by atoms with Crippen LogP contribution in [-0.4, -0.2) is 29.7 Å². The van der Waals surface area contributed by atoms with Crippen LogP contribution in [0.5, 0.6) is 0 Å². The molecule has 0 aliphatic rings. The second-order valence-corrected chi connectivity index (χ2v) is 4.83. The van der Waals surface area contributed by atoms with Crippen LogP contribution in [0.15, 0.2) is 36.5 Å². The van der Waals surface area contributed by atoms with Gasteiger partial charge < -0.3 is 15.7 Å². The number of anilines is 2. The maximum atomic E-state index is 12.2. The van der Waals surface area contributed by atoms with Crippen molar-refractivity contribution in [2.75, 3.05) is 24.3 Å². The Labute approximate surface area is 128 Å². The molecule has 0 fully saturated rings. The molecule has 6 heteroatoms. The molecular weight excluding hydrogens is 290 g/mol. The molecule has 0 bridgehead atoms. The number of rotatable bonds is 5. The first-order chi connectivity index (χ1) is 10.1. The second-order valence-electron chi connectivity index (χ2n) is 4.42. The largest absolute Gasteiger partial charge is 0.396 e. The smallest absolute Gasteiger partial charge is 0.257 e. The molecule has 3 N–H and O–H groups in total. The Kier molecular flexibility index (Phi) is 5.14. The van der Waals surface area contributed by atoms with E-state index in [0.29, 0.717) is 28.5 Å². The lowest BCUT2D eigenvalue weighted by Crippen LogP contribution is -2.13. The van der Waals surface area contributed by atoms with Gasteiger partial charge in [-0.2, -0.15) is 0 Å². The van der Waals surface area contributed by atoms with E-state index in [1.54, 1.807) is 25.2 Å². The fourth-order valence-electron chi connectivity index (χ4n) is 1.83. The first-order valence-corrected chi connectivity index (χ1v) is 6.86. The standard InChI is InChI=1S/C15H16ClN3O2/c1-17-14-8-12(13(16)9-18-14)15(21)19-11-4-2-10(3-5-11)6-7-20/h2-5,8-9,20H,6-7H2,1H3,(H,17,18)(H,19,21). The summed E-state index contributed by atoms with van der Waals surface area (Å²) in [6.45, 7) is 0.102. The molecule has 1 aromatic carbocycles. The van der Waals surface area contributed by atoms with Crippen molar-refractivity contribution in [3.8, 4) is 0 Å². The summed E-state index contributed by atoms with van der Waals surface area (Å²) in [5, 5.41) is 14.8. The molecule has 5 nitrogen and oxygen atoms in total. The van der Waals surface area contributed by atoms with Crippen molar-refractivity contribution >= 4 is 29.0 Å². The first-order valence-electron chi connectivity index (χ1n) is 6.48. The predicted molar refractivity (Wildman–Crippen MR) is 84.0 cm³/mol. The number of aliphatic hydroxyl groups is 1. The molecule has 0 saturated carbocycles. The van der Waals surface area contributed by atoms with Gasteiger partial charge in [0.25, 0.3) is 5.91 Å². The van der Waals surface area contributed by atoms with E-state index >= 15 is 0 Å². The molecule has 0 aliphatic carbocycles. The molecular formula is C15H16ClN3O2. The number of aliphatic hydroxyl groups excluding tert-OH is 1.